The molecule has 0 heterocycles. The number of rotatable bonds is 7. The number of aromatic hydroxyl groups is 1. The van der Waals surface area contributed by atoms with E-state index in [2.05, 4.69) is 0 Å². The van der Waals surface area contributed by atoms with Crippen LogP contribution in [0.15, 0.2) is 36.4 Å². The van der Waals surface area contributed by atoms with Crippen LogP contribution >= 0.6 is 11.6 Å². The second-order valence-corrected chi connectivity index (χ2v) is 5.69. The molecule has 6 heteroatoms. The molecule has 1 N–H and O–H groups in total. The molecule has 0 unspecified atom stereocenters. The second-order valence-electron chi connectivity index (χ2n) is 5.29. The van der Waals surface area contributed by atoms with Gasteiger partial charge in [-0.15, -0.1) is 0 Å². The van der Waals surface area contributed by atoms with Crippen LogP contribution in [0.5, 0.6) is 11.5 Å². The average Bonchev–Trinajstić information content (AvgIpc) is 2.63. The molecule has 0 radical (unpaired) electrons. The fraction of sp³-hybridized carbons (Fsp3) is 0.263. The zero-order valence-corrected chi connectivity index (χ0v) is 14.8. The van der Waals surface area contributed by atoms with E-state index in [1.165, 1.54) is 12.1 Å². The summed E-state index contributed by atoms with van der Waals surface area (Å²) < 4.78 is 10.3. The number of aryl methyl sites for hydroxylation is 1. The third-order valence-electron chi connectivity index (χ3n) is 3.58. The van der Waals surface area contributed by atoms with Crippen molar-refractivity contribution in [2.24, 2.45) is 0 Å². The van der Waals surface area contributed by atoms with Gasteiger partial charge in [0.05, 0.1) is 17.2 Å². The number of Topliss-reactive ketones (excluding diaryl/α,β-unsaturated/α-hetero) is 1. The highest BCUT2D eigenvalue weighted by molar-refractivity contribution is 6.32. The summed E-state index contributed by atoms with van der Waals surface area (Å²) in [4.78, 5) is 24.2. The molecule has 2 aromatic rings. The van der Waals surface area contributed by atoms with Gasteiger partial charge in [-0.05, 0) is 31.0 Å². The quantitative estimate of drug-likeness (QED) is 0.594. The van der Waals surface area contributed by atoms with E-state index in [0.29, 0.717) is 12.2 Å². The topological polar surface area (TPSA) is 72.8 Å². The van der Waals surface area contributed by atoms with Gasteiger partial charge in [-0.3, -0.25) is 4.79 Å². The lowest BCUT2D eigenvalue weighted by Gasteiger charge is -2.10. The Balaban J connectivity index is 2.05. The normalized spacial score (nSPS) is 10.4. The van der Waals surface area contributed by atoms with Crippen LogP contribution in [0.4, 0.5) is 0 Å². The zero-order chi connectivity index (χ0) is 18.4. The number of hydrogen-bond donors (Lipinski definition) is 1. The molecule has 5 nitrogen and oxygen atoms in total. The van der Waals surface area contributed by atoms with Crippen LogP contribution in [0.2, 0.25) is 5.02 Å². The third kappa shape index (κ3) is 4.73. The summed E-state index contributed by atoms with van der Waals surface area (Å²) >= 11 is 5.88. The van der Waals surface area contributed by atoms with Gasteiger partial charge in [0.2, 0.25) is 0 Å². The summed E-state index contributed by atoms with van der Waals surface area (Å²) in [5.41, 5.74) is 1.69. The molecular weight excluding hydrogens is 344 g/mol. The number of hydrogen-bond acceptors (Lipinski definition) is 5. The number of halogens is 1. The summed E-state index contributed by atoms with van der Waals surface area (Å²) in [7, 11) is 0. The predicted molar refractivity (Wildman–Crippen MR) is 94.7 cm³/mol. The van der Waals surface area contributed by atoms with E-state index in [-0.39, 0.29) is 34.5 Å². The highest BCUT2D eigenvalue weighted by atomic mass is 35.5. The van der Waals surface area contributed by atoms with E-state index in [1.54, 1.807) is 19.1 Å². The molecule has 0 aromatic heterocycles. The van der Waals surface area contributed by atoms with Crippen molar-refractivity contribution in [3.63, 3.8) is 0 Å². The van der Waals surface area contributed by atoms with Crippen molar-refractivity contribution in [3.05, 3.63) is 58.1 Å². The van der Waals surface area contributed by atoms with E-state index >= 15 is 0 Å². The van der Waals surface area contributed by atoms with Crippen LogP contribution in [0.1, 0.15) is 40.1 Å². The van der Waals surface area contributed by atoms with Gasteiger partial charge in [0.1, 0.15) is 0 Å². The molecular formula is C19H19ClO5. The molecule has 0 bridgehead atoms. The van der Waals surface area contributed by atoms with Crippen LogP contribution in [-0.4, -0.2) is 30.1 Å². The molecule has 0 saturated heterocycles. The molecule has 0 fully saturated rings. The van der Waals surface area contributed by atoms with Crippen molar-refractivity contribution >= 4 is 23.4 Å². The fourth-order valence-corrected chi connectivity index (χ4v) is 2.39. The van der Waals surface area contributed by atoms with Gasteiger partial charge in [0.15, 0.2) is 23.9 Å². The van der Waals surface area contributed by atoms with Crippen molar-refractivity contribution in [2.75, 3.05) is 13.2 Å². The van der Waals surface area contributed by atoms with Gasteiger partial charge in [-0.25, -0.2) is 4.79 Å². The van der Waals surface area contributed by atoms with Gasteiger partial charge in [-0.2, -0.15) is 0 Å². The molecule has 0 amide bonds. The Labute approximate surface area is 151 Å². The molecule has 0 aliphatic heterocycles. The van der Waals surface area contributed by atoms with Gasteiger partial charge < -0.3 is 14.6 Å². The number of carbonyl (C=O) groups excluding carboxylic acids is 2. The minimum Gasteiger partial charge on any atom is -0.503 e. The Morgan fingerprint density at radius 2 is 1.76 bits per heavy atom. The number of carbonyl (C=O) groups is 2. The van der Waals surface area contributed by atoms with Crippen LogP contribution in [0, 0.1) is 0 Å². The molecule has 0 aliphatic carbocycles. The van der Waals surface area contributed by atoms with E-state index in [4.69, 9.17) is 21.1 Å². The number of esters is 1. The largest absolute Gasteiger partial charge is 0.503 e. The molecule has 132 valence electrons. The van der Waals surface area contributed by atoms with E-state index in [9.17, 15) is 14.7 Å². The van der Waals surface area contributed by atoms with Crippen LogP contribution in [0.25, 0.3) is 0 Å². The van der Waals surface area contributed by atoms with Crippen LogP contribution in [-0.2, 0) is 11.2 Å². The first-order valence-corrected chi connectivity index (χ1v) is 8.28. The Kier molecular flexibility index (Phi) is 6.42. The molecule has 0 saturated carbocycles. The van der Waals surface area contributed by atoms with E-state index in [0.717, 1.165) is 12.0 Å². The van der Waals surface area contributed by atoms with Gasteiger partial charge in [0, 0.05) is 5.56 Å². The van der Waals surface area contributed by atoms with Crippen molar-refractivity contribution in [2.45, 2.75) is 20.3 Å². The molecule has 0 spiro atoms. The average molecular weight is 363 g/mol. The summed E-state index contributed by atoms with van der Waals surface area (Å²) in [6, 6.07) is 9.74. The maximum atomic E-state index is 12.1. The number of benzene rings is 2. The number of phenols is 1. The van der Waals surface area contributed by atoms with E-state index < -0.39 is 5.97 Å². The molecule has 2 aromatic carbocycles. The Bertz CT molecular complexity index is 768. The second kappa shape index (κ2) is 8.53. The van der Waals surface area contributed by atoms with Crippen molar-refractivity contribution < 1.29 is 24.2 Å². The summed E-state index contributed by atoms with van der Waals surface area (Å²) in [5.74, 6) is -1.18. The number of ether oxygens (including phenoxy) is 2. The first-order valence-electron chi connectivity index (χ1n) is 7.90. The van der Waals surface area contributed by atoms with Crippen molar-refractivity contribution in [1.29, 1.82) is 0 Å². The number of phenolic OH excluding ortho intramolecular Hbond substituents is 1. The zero-order valence-electron chi connectivity index (χ0n) is 14.0. The molecule has 0 atom stereocenters. The smallest absolute Gasteiger partial charge is 0.338 e. The van der Waals surface area contributed by atoms with Crippen molar-refractivity contribution in [3.8, 4) is 11.5 Å². The summed E-state index contributed by atoms with van der Waals surface area (Å²) in [5, 5.41) is 9.75. The first-order chi connectivity index (χ1) is 12.0. The lowest BCUT2D eigenvalue weighted by Crippen LogP contribution is -2.14. The predicted octanol–water partition coefficient (Wildman–Crippen LogP) is 4.05. The summed E-state index contributed by atoms with van der Waals surface area (Å²) in [6.07, 6.45) is 0.882. The Morgan fingerprint density at radius 1 is 1.08 bits per heavy atom. The van der Waals surface area contributed by atoms with Crippen molar-refractivity contribution in [1.82, 2.24) is 0 Å². The Hall–Kier alpha value is -2.53. The highest BCUT2D eigenvalue weighted by Gasteiger charge is 2.17. The first kappa shape index (κ1) is 18.8. The Morgan fingerprint density at radius 3 is 2.36 bits per heavy atom. The molecule has 2 rings (SSSR count). The van der Waals surface area contributed by atoms with Crippen LogP contribution in [0.3, 0.4) is 0 Å². The lowest BCUT2D eigenvalue weighted by atomic mass is 10.1. The fourth-order valence-electron chi connectivity index (χ4n) is 2.18. The van der Waals surface area contributed by atoms with Gasteiger partial charge in [-0.1, -0.05) is 42.8 Å². The maximum absolute atomic E-state index is 12.1. The third-order valence-corrected chi connectivity index (χ3v) is 3.87. The molecule has 0 aliphatic rings. The minimum atomic E-state index is -0.721. The minimum absolute atomic E-state index is 0.0284. The van der Waals surface area contributed by atoms with Gasteiger partial charge in [0.25, 0.3) is 0 Å². The monoisotopic (exact) mass is 362 g/mol. The maximum Gasteiger partial charge on any atom is 0.338 e. The lowest BCUT2D eigenvalue weighted by molar-refractivity contribution is 0.0474. The van der Waals surface area contributed by atoms with E-state index in [1.807, 2.05) is 19.1 Å². The number of ketones is 1. The highest BCUT2D eigenvalue weighted by Crippen LogP contribution is 2.35. The van der Waals surface area contributed by atoms with Crippen LogP contribution < -0.4 is 4.74 Å². The summed E-state index contributed by atoms with van der Waals surface area (Å²) in [6.45, 7) is 3.68. The SMILES string of the molecule is CCOc1cc(C(=O)OCC(=O)c2ccc(CC)cc2)cc(Cl)c1O. The van der Waals surface area contributed by atoms with Gasteiger partial charge >= 0.3 is 5.97 Å². The standard InChI is InChI=1S/C19H19ClO5/c1-3-12-5-7-13(8-6-12)16(21)11-25-19(23)14-9-15(20)18(22)17(10-14)24-4-2/h5-10,22H,3-4,11H2,1-2H3. The molecule has 25 heavy (non-hydrogen) atoms.